The Bertz CT molecular complexity index is 917. The normalized spacial score (nSPS) is 15.5. The number of aromatic nitrogens is 1. The highest BCUT2D eigenvalue weighted by molar-refractivity contribution is 9.10. The van der Waals surface area contributed by atoms with Gasteiger partial charge in [-0.3, -0.25) is 4.98 Å². The van der Waals surface area contributed by atoms with Crippen molar-refractivity contribution < 1.29 is 28.5 Å². The van der Waals surface area contributed by atoms with Crippen LogP contribution in [0, 0.1) is 0 Å². The summed E-state index contributed by atoms with van der Waals surface area (Å²) in [7, 11) is 1.50. The van der Waals surface area contributed by atoms with Gasteiger partial charge in [0.05, 0.1) is 17.3 Å². The predicted octanol–water partition coefficient (Wildman–Crippen LogP) is 3.65. The van der Waals surface area contributed by atoms with E-state index >= 15 is 0 Å². The van der Waals surface area contributed by atoms with Crippen LogP contribution in [0.5, 0.6) is 11.5 Å². The monoisotopic (exact) mass is 447 g/mol. The van der Waals surface area contributed by atoms with Gasteiger partial charge in [0.1, 0.15) is 12.2 Å². The Morgan fingerprint density at radius 1 is 1.18 bits per heavy atom. The first-order chi connectivity index (χ1) is 13.3. The second-order valence-corrected chi connectivity index (χ2v) is 7.24. The van der Waals surface area contributed by atoms with Gasteiger partial charge in [-0.05, 0) is 51.8 Å². The van der Waals surface area contributed by atoms with Gasteiger partial charge in [0.25, 0.3) is 5.79 Å². The minimum atomic E-state index is -1.28. The Hall–Kier alpha value is -2.87. The van der Waals surface area contributed by atoms with Crippen LogP contribution in [-0.2, 0) is 25.7 Å². The maximum Gasteiger partial charge on any atom is 0.348 e. The van der Waals surface area contributed by atoms with Crippen LogP contribution in [0.3, 0.4) is 0 Å². The molecule has 1 aromatic heterocycles. The minimum Gasteiger partial charge on any atom is -0.493 e. The van der Waals surface area contributed by atoms with Gasteiger partial charge in [-0.15, -0.1) is 0 Å². The van der Waals surface area contributed by atoms with Gasteiger partial charge >= 0.3 is 11.9 Å². The smallest absolute Gasteiger partial charge is 0.348 e. The number of rotatable bonds is 5. The SMILES string of the molecule is COc1cc(C=C2C(=O)OC(C)(C)OC2=O)cc(Br)c1OCc1ccccn1. The Labute approximate surface area is 170 Å². The van der Waals surface area contributed by atoms with Crippen LogP contribution < -0.4 is 9.47 Å². The van der Waals surface area contributed by atoms with Gasteiger partial charge < -0.3 is 18.9 Å². The number of methoxy groups -OCH3 is 1. The molecule has 0 saturated carbocycles. The summed E-state index contributed by atoms with van der Waals surface area (Å²) in [6, 6.07) is 8.89. The van der Waals surface area contributed by atoms with E-state index in [1.165, 1.54) is 27.0 Å². The fourth-order valence-electron chi connectivity index (χ4n) is 2.54. The standard InChI is InChI=1S/C20H18BrNO6/c1-20(2)27-18(23)14(19(24)28-20)8-12-9-15(21)17(16(10-12)25-3)26-11-13-6-4-5-7-22-13/h4-10H,11H2,1-3H3. The molecule has 0 bridgehead atoms. The first kappa shape index (κ1) is 19.9. The number of pyridine rings is 1. The van der Waals surface area contributed by atoms with Crippen LogP contribution in [0.15, 0.2) is 46.6 Å². The molecule has 0 aliphatic carbocycles. The van der Waals surface area contributed by atoms with E-state index in [1.54, 1.807) is 18.3 Å². The number of ether oxygens (including phenoxy) is 4. The third-order valence-corrected chi connectivity index (χ3v) is 4.36. The summed E-state index contributed by atoms with van der Waals surface area (Å²) >= 11 is 3.44. The van der Waals surface area contributed by atoms with Crippen molar-refractivity contribution in [3.8, 4) is 11.5 Å². The maximum absolute atomic E-state index is 12.1. The molecule has 28 heavy (non-hydrogen) atoms. The van der Waals surface area contributed by atoms with E-state index in [0.717, 1.165) is 5.69 Å². The van der Waals surface area contributed by atoms with Crippen molar-refractivity contribution in [1.82, 2.24) is 4.98 Å². The summed E-state index contributed by atoms with van der Waals surface area (Å²) in [5.74, 6) is -1.87. The first-order valence-corrected chi connectivity index (χ1v) is 9.17. The van der Waals surface area contributed by atoms with Gasteiger partial charge in [-0.1, -0.05) is 6.07 Å². The fraction of sp³-hybridized carbons (Fsp3) is 0.250. The molecule has 2 aromatic rings. The molecule has 1 fully saturated rings. The van der Waals surface area contributed by atoms with Crippen molar-refractivity contribution in [3.05, 3.63) is 57.8 Å². The van der Waals surface area contributed by atoms with E-state index in [1.807, 2.05) is 18.2 Å². The van der Waals surface area contributed by atoms with Crippen molar-refractivity contribution in [2.24, 2.45) is 0 Å². The second kappa shape index (κ2) is 8.02. The first-order valence-electron chi connectivity index (χ1n) is 8.37. The number of esters is 2. The Kier molecular flexibility index (Phi) is 5.69. The van der Waals surface area contributed by atoms with Crippen LogP contribution in [-0.4, -0.2) is 29.8 Å². The van der Waals surface area contributed by atoms with Crippen LogP contribution in [0.2, 0.25) is 0 Å². The highest BCUT2D eigenvalue weighted by Gasteiger charge is 2.38. The third kappa shape index (κ3) is 4.51. The van der Waals surface area contributed by atoms with Crippen LogP contribution >= 0.6 is 15.9 Å². The number of hydrogen-bond acceptors (Lipinski definition) is 7. The molecule has 2 heterocycles. The highest BCUT2D eigenvalue weighted by Crippen LogP contribution is 2.38. The van der Waals surface area contributed by atoms with E-state index in [2.05, 4.69) is 20.9 Å². The summed E-state index contributed by atoms with van der Waals surface area (Å²) in [6.45, 7) is 3.24. The van der Waals surface area contributed by atoms with Gasteiger partial charge in [0.2, 0.25) is 0 Å². The van der Waals surface area contributed by atoms with Crippen molar-refractivity contribution >= 4 is 33.9 Å². The summed E-state index contributed by atoms with van der Waals surface area (Å²) < 4.78 is 22.0. The zero-order chi connectivity index (χ0) is 20.3. The number of cyclic esters (lactones) is 2. The van der Waals surface area contributed by atoms with Gasteiger partial charge in [0, 0.05) is 20.0 Å². The van der Waals surface area contributed by atoms with E-state index in [-0.39, 0.29) is 12.2 Å². The minimum absolute atomic E-state index is 0.199. The maximum atomic E-state index is 12.1. The summed E-state index contributed by atoms with van der Waals surface area (Å²) in [4.78, 5) is 28.5. The Morgan fingerprint density at radius 2 is 1.89 bits per heavy atom. The van der Waals surface area contributed by atoms with Gasteiger partial charge in [0.15, 0.2) is 11.5 Å². The van der Waals surface area contributed by atoms with E-state index < -0.39 is 17.7 Å². The van der Waals surface area contributed by atoms with Crippen LogP contribution in [0.4, 0.5) is 0 Å². The van der Waals surface area contributed by atoms with Crippen LogP contribution in [0.1, 0.15) is 25.1 Å². The number of halogens is 1. The molecule has 1 aliphatic heterocycles. The molecule has 0 atom stereocenters. The molecule has 0 N–H and O–H groups in total. The molecule has 1 aromatic carbocycles. The zero-order valence-electron chi connectivity index (χ0n) is 15.5. The largest absolute Gasteiger partial charge is 0.493 e. The van der Waals surface area contributed by atoms with E-state index in [4.69, 9.17) is 18.9 Å². The average Bonchev–Trinajstić information content (AvgIpc) is 2.63. The number of carbonyl (C=O) groups excluding carboxylic acids is 2. The average molecular weight is 448 g/mol. The molecule has 8 heteroatoms. The summed E-state index contributed by atoms with van der Waals surface area (Å²) in [5, 5.41) is 0. The summed E-state index contributed by atoms with van der Waals surface area (Å²) in [5.41, 5.74) is 1.10. The summed E-state index contributed by atoms with van der Waals surface area (Å²) in [6.07, 6.45) is 3.07. The fourth-order valence-corrected chi connectivity index (χ4v) is 3.11. The quantitative estimate of drug-likeness (QED) is 0.392. The number of benzene rings is 1. The molecule has 0 spiro atoms. The zero-order valence-corrected chi connectivity index (χ0v) is 17.1. The lowest BCUT2D eigenvalue weighted by Gasteiger charge is -2.29. The van der Waals surface area contributed by atoms with Crippen molar-refractivity contribution in [2.45, 2.75) is 26.2 Å². The Balaban J connectivity index is 1.87. The van der Waals surface area contributed by atoms with Crippen molar-refractivity contribution in [3.63, 3.8) is 0 Å². The van der Waals surface area contributed by atoms with Crippen LogP contribution in [0.25, 0.3) is 6.08 Å². The molecule has 0 radical (unpaired) electrons. The molecule has 146 valence electrons. The third-order valence-electron chi connectivity index (χ3n) is 3.77. The lowest BCUT2D eigenvalue weighted by atomic mass is 10.1. The van der Waals surface area contributed by atoms with E-state index in [9.17, 15) is 9.59 Å². The molecule has 1 saturated heterocycles. The molecule has 0 amide bonds. The molecular formula is C20H18BrNO6. The highest BCUT2D eigenvalue weighted by atomic mass is 79.9. The molecule has 1 aliphatic rings. The second-order valence-electron chi connectivity index (χ2n) is 6.38. The van der Waals surface area contributed by atoms with E-state index in [0.29, 0.717) is 21.5 Å². The Morgan fingerprint density at radius 3 is 2.50 bits per heavy atom. The lowest BCUT2D eigenvalue weighted by molar-refractivity contribution is -0.222. The van der Waals surface area contributed by atoms with Crippen molar-refractivity contribution in [1.29, 1.82) is 0 Å². The molecule has 3 rings (SSSR count). The lowest BCUT2D eigenvalue weighted by Crippen LogP contribution is -2.41. The predicted molar refractivity (Wildman–Crippen MR) is 104 cm³/mol. The topological polar surface area (TPSA) is 84.0 Å². The molecule has 0 unspecified atom stereocenters. The number of hydrogen-bond donors (Lipinski definition) is 0. The number of carbonyl (C=O) groups is 2. The van der Waals surface area contributed by atoms with Gasteiger partial charge in [-0.2, -0.15) is 0 Å². The van der Waals surface area contributed by atoms with Gasteiger partial charge in [-0.25, -0.2) is 9.59 Å². The number of nitrogens with zero attached hydrogens (tertiary/aromatic N) is 1. The van der Waals surface area contributed by atoms with Crippen molar-refractivity contribution in [2.75, 3.05) is 7.11 Å². The molecular weight excluding hydrogens is 430 g/mol. The molecule has 7 nitrogen and oxygen atoms in total.